The van der Waals surface area contributed by atoms with E-state index in [1.807, 2.05) is 48.9 Å². The molecule has 9 nitrogen and oxygen atoms in total. The van der Waals surface area contributed by atoms with E-state index in [4.69, 9.17) is 42.4 Å². The zero-order valence-electron chi connectivity index (χ0n) is 25.3. The molecule has 1 saturated heterocycles. The summed E-state index contributed by atoms with van der Waals surface area (Å²) in [4.78, 5) is 24.1. The molecule has 1 aliphatic heterocycles. The Morgan fingerprint density at radius 2 is 1.87 bits per heavy atom. The van der Waals surface area contributed by atoms with Gasteiger partial charge in [0.25, 0.3) is 0 Å². The van der Waals surface area contributed by atoms with Gasteiger partial charge in [-0.1, -0.05) is 35.3 Å². The Hall–Kier alpha value is -4.05. The molecule has 3 aromatic carbocycles. The van der Waals surface area contributed by atoms with Crippen molar-refractivity contribution in [3.05, 3.63) is 106 Å². The predicted molar refractivity (Wildman–Crippen MR) is 174 cm³/mol. The van der Waals surface area contributed by atoms with Crippen LogP contribution in [0.25, 0.3) is 11.0 Å². The van der Waals surface area contributed by atoms with Gasteiger partial charge < -0.3 is 23.3 Å². The smallest absolute Gasteiger partial charge is 0.337 e. The maximum atomic E-state index is 12.3. The molecule has 2 aromatic heterocycles. The van der Waals surface area contributed by atoms with Gasteiger partial charge in [-0.15, -0.1) is 0 Å². The number of piperidine rings is 1. The van der Waals surface area contributed by atoms with Crippen molar-refractivity contribution in [2.45, 2.75) is 52.1 Å². The van der Waals surface area contributed by atoms with E-state index in [0.29, 0.717) is 41.1 Å². The van der Waals surface area contributed by atoms with Gasteiger partial charge >= 0.3 is 5.97 Å². The Bertz CT molecular complexity index is 1790. The third-order valence-electron chi connectivity index (χ3n) is 8.10. The minimum Gasteiger partial charge on any atom is -0.490 e. The van der Waals surface area contributed by atoms with Gasteiger partial charge in [0.1, 0.15) is 30.0 Å². The summed E-state index contributed by atoms with van der Waals surface area (Å²) in [5.41, 5.74) is 4.33. The average Bonchev–Trinajstić information content (AvgIpc) is 3.65. The van der Waals surface area contributed by atoms with Crippen molar-refractivity contribution in [2.75, 3.05) is 20.2 Å². The maximum absolute atomic E-state index is 12.3. The predicted octanol–water partition coefficient (Wildman–Crippen LogP) is 7.02. The number of nitrogens with zero attached hydrogens (tertiary/aromatic N) is 5. The van der Waals surface area contributed by atoms with Gasteiger partial charge in [0.2, 0.25) is 0 Å². The quantitative estimate of drug-likeness (QED) is 0.143. The van der Waals surface area contributed by atoms with Gasteiger partial charge in [0.15, 0.2) is 0 Å². The van der Waals surface area contributed by atoms with E-state index >= 15 is 0 Å². The lowest BCUT2D eigenvalue weighted by Crippen LogP contribution is -2.38. The molecule has 6 rings (SSSR count). The molecule has 45 heavy (non-hydrogen) atoms. The fourth-order valence-electron chi connectivity index (χ4n) is 5.68. The summed E-state index contributed by atoms with van der Waals surface area (Å²) >= 11 is 12.2. The highest BCUT2D eigenvalue weighted by Crippen LogP contribution is 2.29. The van der Waals surface area contributed by atoms with E-state index in [1.165, 1.54) is 7.11 Å². The van der Waals surface area contributed by atoms with E-state index in [-0.39, 0.29) is 12.1 Å². The van der Waals surface area contributed by atoms with Crippen molar-refractivity contribution in [1.29, 1.82) is 0 Å². The van der Waals surface area contributed by atoms with Crippen molar-refractivity contribution in [3.63, 3.8) is 0 Å². The highest BCUT2D eigenvalue weighted by Gasteiger charge is 2.24. The largest absolute Gasteiger partial charge is 0.490 e. The fraction of sp³-hybridized carbons (Fsp3) is 0.324. The summed E-state index contributed by atoms with van der Waals surface area (Å²) in [6.07, 6.45) is 5.65. The van der Waals surface area contributed by atoms with Crippen LogP contribution >= 0.6 is 23.2 Å². The molecule has 1 aliphatic rings. The number of aryl methyl sites for hydroxylation is 1. The van der Waals surface area contributed by atoms with Gasteiger partial charge in [-0.05, 0) is 73.9 Å². The summed E-state index contributed by atoms with van der Waals surface area (Å²) in [5, 5.41) is 1.05. The van der Waals surface area contributed by atoms with E-state index in [9.17, 15) is 4.79 Å². The SMILES string of the molecule is CCn1cncc1Cn1c(CN2CCC(Oc3cccc(COc4ccc(Cl)cc4Cl)c3)CC2)nc2ccc(C(=O)OC)cc21. The molecule has 5 aromatic rings. The molecule has 0 radical (unpaired) electrons. The summed E-state index contributed by atoms with van der Waals surface area (Å²) < 4.78 is 21.6. The van der Waals surface area contributed by atoms with Crippen LogP contribution in [-0.4, -0.2) is 56.3 Å². The van der Waals surface area contributed by atoms with Crippen LogP contribution in [0.3, 0.4) is 0 Å². The number of carbonyl (C=O) groups excluding carboxylic acids is 1. The second-order valence-corrected chi connectivity index (χ2v) is 11.9. The lowest BCUT2D eigenvalue weighted by atomic mass is 10.1. The van der Waals surface area contributed by atoms with Crippen LogP contribution in [0.4, 0.5) is 0 Å². The van der Waals surface area contributed by atoms with Crippen molar-refractivity contribution in [3.8, 4) is 11.5 Å². The van der Waals surface area contributed by atoms with Gasteiger partial charge in [0.05, 0.1) is 53.8 Å². The van der Waals surface area contributed by atoms with Crippen molar-refractivity contribution in [1.82, 2.24) is 24.0 Å². The molecular formula is C34H35Cl2N5O4. The number of aromatic nitrogens is 4. The average molecular weight is 649 g/mol. The molecule has 0 atom stereocenters. The van der Waals surface area contributed by atoms with Crippen LogP contribution in [0.5, 0.6) is 11.5 Å². The Labute approximate surface area is 272 Å². The maximum Gasteiger partial charge on any atom is 0.337 e. The van der Waals surface area contributed by atoms with Gasteiger partial charge in [-0.2, -0.15) is 0 Å². The molecule has 0 saturated carbocycles. The Kier molecular flexibility index (Phi) is 9.59. The highest BCUT2D eigenvalue weighted by molar-refractivity contribution is 6.35. The molecule has 0 bridgehead atoms. The number of hydrogen-bond donors (Lipinski definition) is 0. The van der Waals surface area contributed by atoms with Crippen LogP contribution in [0.2, 0.25) is 10.0 Å². The minimum absolute atomic E-state index is 0.114. The number of benzene rings is 3. The standard InChI is InChI=1S/C34H35Cl2N5O4/c1-3-40-22-37-18-26(40)19-41-31-16-24(34(42)43-2)7-9-30(31)38-33(41)20-39-13-11-27(12-14-39)45-28-6-4-5-23(15-28)21-44-32-10-8-25(35)17-29(32)36/h4-10,15-18,22,27H,3,11-14,19-21H2,1-2H3. The minimum atomic E-state index is -0.365. The van der Waals surface area contributed by atoms with Crippen LogP contribution in [-0.2, 0) is 31.0 Å². The van der Waals surface area contributed by atoms with E-state index in [0.717, 1.165) is 66.3 Å². The van der Waals surface area contributed by atoms with E-state index in [2.05, 4.69) is 25.9 Å². The Balaban J connectivity index is 1.11. The lowest BCUT2D eigenvalue weighted by Gasteiger charge is -2.32. The summed E-state index contributed by atoms with van der Waals surface area (Å²) in [6, 6.07) is 18.7. The lowest BCUT2D eigenvalue weighted by molar-refractivity contribution is 0.0601. The topological polar surface area (TPSA) is 83.6 Å². The molecule has 3 heterocycles. The van der Waals surface area contributed by atoms with E-state index < -0.39 is 0 Å². The van der Waals surface area contributed by atoms with Gasteiger partial charge in [-0.3, -0.25) is 4.90 Å². The molecule has 0 amide bonds. The first kappa shape index (κ1) is 31.0. The molecule has 0 aliphatic carbocycles. The van der Waals surface area contributed by atoms with Crippen LogP contribution in [0.1, 0.15) is 47.2 Å². The van der Waals surface area contributed by atoms with Gasteiger partial charge in [-0.25, -0.2) is 14.8 Å². The van der Waals surface area contributed by atoms with Gasteiger partial charge in [0, 0.05) is 30.9 Å². The van der Waals surface area contributed by atoms with Crippen molar-refractivity contribution < 1.29 is 19.0 Å². The zero-order chi connectivity index (χ0) is 31.3. The molecule has 0 unspecified atom stereocenters. The fourth-order valence-corrected chi connectivity index (χ4v) is 6.14. The third kappa shape index (κ3) is 7.27. The van der Waals surface area contributed by atoms with Crippen LogP contribution < -0.4 is 9.47 Å². The number of imidazole rings is 2. The molecule has 11 heteroatoms. The number of halogens is 2. The first-order valence-corrected chi connectivity index (χ1v) is 15.8. The first-order chi connectivity index (χ1) is 21.9. The molecule has 234 valence electrons. The van der Waals surface area contributed by atoms with Crippen LogP contribution in [0, 0.1) is 0 Å². The van der Waals surface area contributed by atoms with Crippen LogP contribution in [0.15, 0.2) is 73.2 Å². The number of ether oxygens (including phenoxy) is 3. The molecule has 1 fully saturated rings. The normalized spacial score (nSPS) is 14.1. The molecule has 0 spiro atoms. The van der Waals surface area contributed by atoms with Crippen molar-refractivity contribution in [2.24, 2.45) is 0 Å². The number of methoxy groups -OCH3 is 1. The number of fused-ring (bicyclic) bond motifs is 1. The number of rotatable bonds is 11. The third-order valence-corrected chi connectivity index (χ3v) is 8.63. The molecular weight excluding hydrogens is 613 g/mol. The Morgan fingerprint density at radius 3 is 2.64 bits per heavy atom. The number of hydrogen-bond acceptors (Lipinski definition) is 7. The summed E-state index contributed by atoms with van der Waals surface area (Å²) in [7, 11) is 1.40. The number of likely N-dealkylation sites (tertiary alicyclic amines) is 1. The monoisotopic (exact) mass is 647 g/mol. The first-order valence-electron chi connectivity index (χ1n) is 15.0. The van der Waals surface area contributed by atoms with E-state index in [1.54, 1.807) is 24.3 Å². The number of carbonyl (C=O) groups is 1. The van der Waals surface area contributed by atoms with Crippen molar-refractivity contribution >= 4 is 40.2 Å². The highest BCUT2D eigenvalue weighted by atomic mass is 35.5. The summed E-state index contributed by atoms with van der Waals surface area (Å²) in [6.45, 7) is 6.35. The summed E-state index contributed by atoms with van der Waals surface area (Å²) in [5.74, 6) is 2.00. The zero-order valence-corrected chi connectivity index (χ0v) is 26.8. The number of esters is 1. The second-order valence-electron chi connectivity index (χ2n) is 11.1. The Morgan fingerprint density at radius 1 is 1.02 bits per heavy atom. The second kappa shape index (κ2) is 13.9. The molecule has 0 N–H and O–H groups in total.